The standard InChI is InChI=1S/C32H31NO/c1-21-10-12-25(16-23(21)3)28-18-29(34-32(19-28)26-13-11-22(2)24(4)17-26)15-14-27-20-33(5)31-9-7-6-8-30(27)31/h6-20,29H,1-5H3/b15-14+. The smallest absolute Gasteiger partial charge is 0.136 e. The highest BCUT2D eigenvalue weighted by atomic mass is 16.5. The summed E-state index contributed by atoms with van der Waals surface area (Å²) in [6, 6.07) is 21.7. The molecule has 1 aliphatic rings. The summed E-state index contributed by atoms with van der Waals surface area (Å²) in [5.74, 6) is 0.909. The number of hydrogen-bond donors (Lipinski definition) is 0. The number of hydrogen-bond acceptors (Lipinski definition) is 1. The topological polar surface area (TPSA) is 14.2 Å². The van der Waals surface area contributed by atoms with Crippen LogP contribution in [0, 0.1) is 27.7 Å². The molecule has 170 valence electrons. The van der Waals surface area contributed by atoms with Gasteiger partial charge in [-0.1, -0.05) is 54.6 Å². The predicted molar refractivity (Wildman–Crippen MR) is 145 cm³/mol. The van der Waals surface area contributed by atoms with Gasteiger partial charge in [0.15, 0.2) is 0 Å². The number of benzene rings is 3. The van der Waals surface area contributed by atoms with Gasteiger partial charge in [0.1, 0.15) is 11.9 Å². The van der Waals surface area contributed by atoms with Crippen molar-refractivity contribution in [2.24, 2.45) is 7.05 Å². The molecule has 2 heterocycles. The first-order chi connectivity index (χ1) is 16.4. The number of ether oxygens (including phenoxy) is 1. The van der Waals surface area contributed by atoms with Gasteiger partial charge in [-0.05, 0) is 97.0 Å². The van der Waals surface area contributed by atoms with Gasteiger partial charge in [-0.25, -0.2) is 0 Å². The first-order valence-electron chi connectivity index (χ1n) is 11.9. The lowest BCUT2D eigenvalue weighted by atomic mass is 9.95. The largest absolute Gasteiger partial charge is 0.482 e. The van der Waals surface area contributed by atoms with Gasteiger partial charge in [-0.15, -0.1) is 0 Å². The molecule has 0 saturated carbocycles. The first-order valence-corrected chi connectivity index (χ1v) is 11.9. The Hall–Kier alpha value is -3.78. The number of aryl methyl sites for hydroxylation is 5. The Balaban J connectivity index is 1.55. The summed E-state index contributed by atoms with van der Waals surface area (Å²) in [4.78, 5) is 0. The maximum atomic E-state index is 6.50. The second-order valence-corrected chi connectivity index (χ2v) is 9.38. The minimum atomic E-state index is -0.155. The van der Waals surface area contributed by atoms with Gasteiger partial charge in [0.25, 0.3) is 0 Å². The molecule has 1 unspecified atom stereocenters. The van der Waals surface area contributed by atoms with E-state index >= 15 is 0 Å². The summed E-state index contributed by atoms with van der Waals surface area (Å²) < 4.78 is 8.68. The lowest BCUT2D eigenvalue weighted by molar-refractivity contribution is 0.253. The summed E-state index contributed by atoms with van der Waals surface area (Å²) in [6.45, 7) is 8.62. The molecule has 0 saturated heterocycles. The van der Waals surface area contributed by atoms with E-state index in [1.807, 2.05) is 0 Å². The molecule has 0 fully saturated rings. The Labute approximate surface area is 202 Å². The highest BCUT2D eigenvalue weighted by molar-refractivity contribution is 5.90. The maximum absolute atomic E-state index is 6.50. The van der Waals surface area contributed by atoms with Gasteiger partial charge in [0.2, 0.25) is 0 Å². The highest BCUT2D eigenvalue weighted by Gasteiger charge is 2.18. The Kier molecular flexibility index (Phi) is 5.75. The fourth-order valence-corrected chi connectivity index (χ4v) is 4.53. The molecule has 0 radical (unpaired) electrons. The van der Waals surface area contributed by atoms with Crippen molar-refractivity contribution >= 4 is 28.3 Å². The molecule has 0 N–H and O–H groups in total. The van der Waals surface area contributed by atoms with E-state index < -0.39 is 0 Å². The molecule has 1 aliphatic heterocycles. The highest BCUT2D eigenvalue weighted by Crippen LogP contribution is 2.32. The Morgan fingerprint density at radius 3 is 2.21 bits per heavy atom. The maximum Gasteiger partial charge on any atom is 0.136 e. The van der Waals surface area contributed by atoms with Crippen LogP contribution >= 0.6 is 0 Å². The molecule has 4 aromatic rings. The molecule has 2 heteroatoms. The van der Waals surface area contributed by atoms with Gasteiger partial charge in [0, 0.05) is 29.7 Å². The summed E-state index contributed by atoms with van der Waals surface area (Å²) in [5.41, 5.74) is 11.1. The van der Waals surface area contributed by atoms with Crippen molar-refractivity contribution in [3.05, 3.63) is 124 Å². The van der Waals surface area contributed by atoms with Gasteiger partial charge >= 0.3 is 0 Å². The van der Waals surface area contributed by atoms with Gasteiger partial charge in [-0.3, -0.25) is 0 Å². The SMILES string of the molecule is Cc1ccc(C2=CC(/C=C/c3cn(C)c4ccccc34)OC(c3ccc(C)c(C)c3)=C2)cc1C. The van der Waals surface area contributed by atoms with Crippen molar-refractivity contribution < 1.29 is 4.74 Å². The molecule has 0 aliphatic carbocycles. The summed E-state index contributed by atoms with van der Waals surface area (Å²) in [7, 11) is 2.09. The van der Waals surface area contributed by atoms with Crippen molar-refractivity contribution in [1.82, 2.24) is 4.57 Å². The van der Waals surface area contributed by atoms with E-state index in [1.54, 1.807) is 0 Å². The van der Waals surface area contributed by atoms with Crippen molar-refractivity contribution in [2.45, 2.75) is 33.8 Å². The van der Waals surface area contributed by atoms with E-state index in [-0.39, 0.29) is 6.10 Å². The van der Waals surface area contributed by atoms with Crippen molar-refractivity contribution in [1.29, 1.82) is 0 Å². The zero-order chi connectivity index (χ0) is 23.8. The Bertz CT molecular complexity index is 1480. The van der Waals surface area contributed by atoms with Crippen LogP contribution < -0.4 is 0 Å². The molecule has 34 heavy (non-hydrogen) atoms. The molecule has 2 nitrogen and oxygen atoms in total. The lowest BCUT2D eigenvalue weighted by Crippen LogP contribution is -2.11. The molecule has 0 bridgehead atoms. The number of allylic oxidation sites excluding steroid dienone is 2. The summed E-state index contributed by atoms with van der Waals surface area (Å²) in [6.07, 6.45) is 10.8. The monoisotopic (exact) mass is 445 g/mol. The molecule has 1 atom stereocenters. The molecule has 0 spiro atoms. The molecular formula is C32H31NO. The third kappa shape index (κ3) is 4.24. The average Bonchev–Trinajstić information content (AvgIpc) is 3.16. The van der Waals surface area contributed by atoms with Crippen LogP contribution in [-0.4, -0.2) is 10.7 Å². The van der Waals surface area contributed by atoms with Crippen LogP contribution in [0.15, 0.2) is 85.1 Å². The quantitative estimate of drug-likeness (QED) is 0.311. The molecule has 1 aromatic heterocycles. The number of para-hydroxylation sites is 1. The number of rotatable bonds is 4. The van der Waals surface area contributed by atoms with E-state index in [4.69, 9.17) is 4.74 Å². The van der Waals surface area contributed by atoms with Crippen molar-refractivity contribution in [3.63, 3.8) is 0 Å². The Morgan fingerprint density at radius 2 is 1.47 bits per heavy atom. The zero-order valence-corrected chi connectivity index (χ0v) is 20.6. The van der Waals surface area contributed by atoms with Crippen LogP contribution in [0.2, 0.25) is 0 Å². The summed E-state index contributed by atoms with van der Waals surface area (Å²) in [5, 5.41) is 1.25. The van der Waals surface area contributed by atoms with Crippen LogP contribution in [0.1, 0.15) is 38.9 Å². The number of nitrogens with zero attached hydrogens (tertiary/aromatic N) is 1. The Morgan fingerprint density at radius 1 is 0.794 bits per heavy atom. The van der Waals surface area contributed by atoms with Crippen LogP contribution in [0.3, 0.4) is 0 Å². The van der Waals surface area contributed by atoms with E-state index in [1.165, 1.54) is 49.9 Å². The second-order valence-electron chi connectivity index (χ2n) is 9.38. The van der Waals surface area contributed by atoms with E-state index in [9.17, 15) is 0 Å². The van der Waals surface area contributed by atoms with Gasteiger partial charge in [-0.2, -0.15) is 0 Å². The third-order valence-corrected chi connectivity index (χ3v) is 6.92. The first kappa shape index (κ1) is 22.0. The van der Waals surface area contributed by atoms with Gasteiger partial charge in [0.05, 0.1) is 0 Å². The molecule has 3 aromatic carbocycles. The number of fused-ring (bicyclic) bond motifs is 1. The van der Waals surface area contributed by atoms with Crippen LogP contribution in [0.4, 0.5) is 0 Å². The number of aromatic nitrogens is 1. The normalized spacial score (nSPS) is 16.0. The van der Waals surface area contributed by atoms with Gasteiger partial charge < -0.3 is 9.30 Å². The van der Waals surface area contributed by atoms with Crippen LogP contribution in [0.5, 0.6) is 0 Å². The fourth-order valence-electron chi connectivity index (χ4n) is 4.53. The minimum Gasteiger partial charge on any atom is -0.482 e. The van der Waals surface area contributed by atoms with E-state index in [0.717, 1.165) is 11.3 Å². The molecule has 0 amide bonds. The van der Waals surface area contributed by atoms with Crippen LogP contribution in [0.25, 0.3) is 28.3 Å². The second kappa shape index (κ2) is 8.87. The van der Waals surface area contributed by atoms with Crippen LogP contribution in [-0.2, 0) is 11.8 Å². The fraction of sp³-hybridized carbons (Fsp3) is 0.188. The van der Waals surface area contributed by atoms with Crippen molar-refractivity contribution in [2.75, 3.05) is 0 Å². The zero-order valence-electron chi connectivity index (χ0n) is 20.6. The van der Waals surface area contributed by atoms with E-state index in [0.29, 0.717) is 0 Å². The molecule has 5 rings (SSSR count). The average molecular weight is 446 g/mol. The minimum absolute atomic E-state index is 0.155. The predicted octanol–water partition coefficient (Wildman–Crippen LogP) is 7.95. The van der Waals surface area contributed by atoms with Crippen molar-refractivity contribution in [3.8, 4) is 0 Å². The third-order valence-electron chi connectivity index (χ3n) is 6.92. The van der Waals surface area contributed by atoms with E-state index in [2.05, 4.69) is 130 Å². The summed E-state index contributed by atoms with van der Waals surface area (Å²) >= 11 is 0. The lowest BCUT2D eigenvalue weighted by Gasteiger charge is -2.23. The molecular weight excluding hydrogens is 414 g/mol.